The van der Waals surface area contributed by atoms with Crippen molar-refractivity contribution in [1.29, 1.82) is 0 Å². The highest BCUT2D eigenvalue weighted by molar-refractivity contribution is 14.0. The molecule has 1 aromatic carbocycles. The second-order valence-corrected chi connectivity index (χ2v) is 7.70. The van der Waals surface area contributed by atoms with Gasteiger partial charge in [0.1, 0.15) is 6.54 Å². The zero-order valence-corrected chi connectivity index (χ0v) is 21.0. The molecule has 3 heterocycles. The summed E-state index contributed by atoms with van der Waals surface area (Å²) in [4.78, 5) is 7.24. The first-order chi connectivity index (χ1) is 15.2. The Bertz CT molecular complexity index is 999. The van der Waals surface area contributed by atoms with Crippen LogP contribution >= 0.6 is 24.0 Å². The first-order valence-electron chi connectivity index (χ1n) is 10.9. The number of benzene rings is 1. The molecule has 1 atom stereocenters. The van der Waals surface area contributed by atoms with Crippen molar-refractivity contribution in [2.45, 2.75) is 26.4 Å². The normalized spacial score (nSPS) is 15.9. The summed E-state index contributed by atoms with van der Waals surface area (Å²) in [6.07, 6.45) is 1.96. The van der Waals surface area contributed by atoms with Crippen LogP contribution < -0.4 is 10.6 Å². The van der Waals surface area contributed by atoms with E-state index in [0.29, 0.717) is 6.54 Å². The molecule has 0 spiro atoms. The van der Waals surface area contributed by atoms with Crippen molar-refractivity contribution in [1.82, 2.24) is 30.1 Å². The van der Waals surface area contributed by atoms with E-state index in [9.17, 15) is 0 Å². The fourth-order valence-corrected chi connectivity index (χ4v) is 3.82. The largest absolute Gasteiger partial charge is 0.379 e. The van der Waals surface area contributed by atoms with Gasteiger partial charge in [-0.2, -0.15) is 0 Å². The molecule has 0 bridgehead atoms. The van der Waals surface area contributed by atoms with Crippen molar-refractivity contribution in [3.8, 4) is 0 Å². The molecule has 0 aliphatic carbocycles. The summed E-state index contributed by atoms with van der Waals surface area (Å²) in [6, 6.07) is 14.9. The number of morpholine rings is 1. The summed E-state index contributed by atoms with van der Waals surface area (Å²) in [5, 5.41) is 15.4. The van der Waals surface area contributed by atoms with Gasteiger partial charge in [-0.25, -0.2) is 4.99 Å². The average molecular weight is 549 g/mol. The summed E-state index contributed by atoms with van der Waals surface area (Å²) in [7, 11) is 0. The molecule has 1 fully saturated rings. The second kappa shape index (κ2) is 12.1. The molecular formula is C23H32IN7O. The van der Waals surface area contributed by atoms with Crippen LogP contribution in [0.3, 0.4) is 0 Å². The van der Waals surface area contributed by atoms with E-state index in [1.54, 1.807) is 0 Å². The van der Waals surface area contributed by atoms with Crippen molar-refractivity contribution in [3.63, 3.8) is 0 Å². The summed E-state index contributed by atoms with van der Waals surface area (Å²) in [5.74, 6) is 1.59. The van der Waals surface area contributed by atoms with Gasteiger partial charge in [-0.15, -0.1) is 34.2 Å². The molecule has 2 aromatic heterocycles. The molecule has 1 saturated heterocycles. The van der Waals surface area contributed by atoms with Gasteiger partial charge in [0.2, 0.25) is 0 Å². The topological polar surface area (TPSA) is 79.1 Å². The molecule has 1 aliphatic heterocycles. The Labute approximate surface area is 206 Å². The number of ether oxygens (including phenoxy) is 1. The lowest BCUT2D eigenvalue weighted by Gasteiger charge is -2.35. The third kappa shape index (κ3) is 6.17. The average Bonchev–Trinajstić information content (AvgIpc) is 3.22. The van der Waals surface area contributed by atoms with Crippen LogP contribution in [0.2, 0.25) is 0 Å². The maximum atomic E-state index is 5.57. The fourth-order valence-electron chi connectivity index (χ4n) is 3.82. The lowest BCUT2D eigenvalue weighted by molar-refractivity contribution is 0.0170. The molecule has 0 radical (unpaired) electrons. The van der Waals surface area contributed by atoms with Gasteiger partial charge in [0, 0.05) is 32.4 Å². The highest BCUT2D eigenvalue weighted by Crippen LogP contribution is 2.21. The molecule has 172 valence electrons. The minimum atomic E-state index is 0. The van der Waals surface area contributed by atoms with Gasteiger partial charge >= 0.3 is 0 Å². The molecular weight excluding hydrogens is 517 g/mol. The standard InChI is InChI=1S/C23H31N7O.HI/c1-3-24-23(26-17-22-28-27-21-6-4-5-11-30(21)22)25-16-20(29-12-14-31-15-13-29)19-9-7-18(2)8-10-19;/h4-11,20H,3,12-17H2,1-2H3,(H2,24,25,26);1H. The van der Waals surface area contributed by atoms with E-state index in [4.69, 9.17) is 9.73 Å². The SMILES string of the molecule is CCNC(=NCc1nnc2ccccn12)NCC(c1ccc(C)cc1)N1CCOCC1.I. The number of aryl methyl sites for hydroxylation is 1. The lowest BCUT2D eigenvalue weighted by atomic mass is 10.0. The summed E-state index contributed by atoms with van der Waals surface area (Å²) in [6.45, 7) is 9.60. The Balaban J connectivity index is 0.00000289. The second-order valence-electron chi connectivity index (χ2n) is 7.70. The molecule has 0 saturated carbocycles. The Morgan fingerprint density at radius 3 is 2.62 bits per heavy atom. The molecule has 32 heavy (non-hydrogen) atoms. The maximum absolute atomic E-state index is 5.57. The van der Waals surface area contributed by atoms with E-state index < -0.39 is 0 Å². The number of hydrogen-bond acceptors (Lipinski definition) is 5. The summed E-state index contributed by atoms with van der Waals surface area (Å²) in [5.41, 5.74) is 3.41. The number of guanidine groups is 1. The Hall–Kier alpha value is -2.24. The van der Waals surface area contributed by atoms with Crippen LogP contribution in [0.25, 0.3) is 5.65 Å². The summed E-state index contributed by atoms with van der Waals surface area (Å²) >= 11 is 0. The van der Waals surface area contributed by atoms with E-state index in [1.807, 2.05) is 28.8 Å². The first-order valence-corrected chi connectivity index (χ1v) is 10.9. The lowest BCUT2D eigenvalue weighted by Crippen LogP contribution is -2.46. The number of halogens is 1. The number of pyridine rings is 1. The Morgan fingerprint density at radius 2 is 1.88 bits per heavy atom. The molecule has 3 aromatic rings. The van der Waals surface area contributed by atoms with Crippen LogP contribution in [0, 0.1) is 6.92 Å². The molecule has 2 N–H and O–H groups in total. The zero-order valence-electron chi connectivity index (χ0n) is 18.7. The van der Waals surface area contributed by atoms with Crippen LogP contribution in [0.5, 0.6) is 0 Å². The monoisotopic (exact) mass is 549 g/mol. The third-order valence-electron chi connectivity index (χ3n) is 5.52. The van der Waals surface area contributed by atoms with E-state index in [1.165, 1.54) is 11.1 Å². The number of nitrogens with zero attached hydrogens (tertiary/aromatic N) is 5. The number of hydrogen-bond donors (Lipinski definition) is 2. The van der Waals surface area contributed by atoms with Gasteiger partial charge in [0.05, 0.1) is 19.3 Å². The molecule has 1 aliphatic rings. The van der Waals surface area contributed by atoms with Crippen LogP contribution in [0.15, 0.2) is 53.7 Å². The molecule has 8 nitrogen and oxygen atoms in total. The van der Waals surface area contributed by atoms with Crippen LogP contribution in [-0.2, 0) is 11.3 Å². The first kappa shape index (κ1) is 24.4. The minimum Gasteiger partial charge on any atom is -0.379 e. The van der Waals surface area contributed by atoms with Crippen molar-refractivity contribution in [2.24, 2.45) is 4.99 Å². The number of fused-ring (bicyclic) bond motifs is 1. The molecule has 0 amide bonds. The van der Waals surface area contributed by atoms with E-state index in [2.05, 4.69) is 63.8 Å². The van der Waals surface area contributed by atoms with Gasteiger partial charge in [0.15, 0.2) is 17.4 Å². The van der Waals surface area contributed by atoms with E-state index in [0.717, 1.165) is 56.8 Å². The van der Waals surface area contributed by atoms with Gasteiger partial charge in [-0.3, -0.25) is 9.30 Å². The summed E-state index contributed by atoms with van der Waals surface area (Å²) < 4.78 is 7.54. The van der Waals surface area contributed by atoms with Crippen LogP contribution in [0.4, 0.5) is 0 Å². The van der Waals surface area contributed by atoms with Crippen molar-refractivity contribution < 1.29 is 4.74 Å². The van der Waals surface area contributed by atoms with E-state index in [-0.39, 0.29) is 30.0 Å². The van der Waals surface area contributed by atoms with E-state index >= 15 is 0 Å². The predicted octanol–water partition coefficient (Wildman–Crippen LogP) is 2.78. The number of rotatable bonds is 7. The molecule has 1 unspecified atom stereocenters. The minimum absolute atomic E-state index is 0. The number of aliphatic imine (C=N–C) groups is 1. The Kier molecular flexibility index (Phi) is 9.24. The van der Waals surface area contributed by atoms with Gasteiger partial charge in [-0.05, 0) is 31.5 Å². The highest BCUT2D eigenvalue weighted by Gasteiger charge is 2.23. The smallest absolute Gasteiger partial charge is 0.191 e. The van der Waals surface area contributed by atoms with Gasteiger partial charge < -0.3 is 15.4 Å². The number of nitrogens with one attached hydrogen (secondary N) is 2. The number of aromatic nitrogens is 3. The highest BCUT2D eigenvalue weighted by atomic mass is 127. The van der Waals surface area contributed by atoms with Crippen LogP contribution in [-0.4, -0.2) is 64.9 Å². The molecule has 4 rings (SSSR count). The van der Waals surface area contributed by atoms with Crippen molar-refractivity contribution in [3.05, 3.63) is 65.6 Å². The van der Waals surface area contributed by atoms with Crippen molar-refractivity contribution in [2.75, 3.05) is 39.4 Å². The third-order valence-corrected chi connectivity index (χ3v) is 5.52. The molecule has 9 heteroatoms. The van der Waals surface area contributed by atoms with Crippen molar-refractivity contribution >= 4 is 35.6 Å². The van der Waals surface area contributed by atoms with Crippen LogP contribution in [0.1, 0.15) is 29.9 Å². The van der Waals surface area contributed by atoms with Gasteiger partial charge in [0.25, 0.3) is 0 Å². The van der Waals surface area contributed by atoms with Gasteiger partial charge in [-0.1, -0.05) is 35.9 Å². The quantitative estimate of drug-likeness (QED) is 0.268. The fraction of sp³-hybridized carbons (Fsp3) is 0.435. The maximum Gasteiger partial charge on any atom is 0.191 e. The predicted molar refractivity (Wildman–Crippen MR) is 138 cm³/mol. The Morgan fingerprint density at radius 1 is 1.09 bits per heavy atom. The zero-order chi connectivity index (χ0) is 21.5.